The summed E-state index contributed by atoms with van der Waals surface area (Å²) in [6.07, 6.45) is 1.82. The first kappa shape index (κ1) is 22.2. The van der Waals surface area contributed by atoms with Crippen LogP contribution in [0.4, 0.5) is 5.69 Å². The van der Waals surface area contributed by atoms with Gasteiger partial charge in [-0.2, -0.15) is 0 Å². The second kappa shape index (κ2) is 9.55. The largest absolute Gasteiger partial charge is 0.497 e. The maximum atomic E-state index is 13.1. The number of likely N-dealkylation sites (tertiary alicyclic amines) is 1. The molecular weight excluding hydrogens is 406 g/mol. The van der Waals surface area contributed by atoms with Crippen LogP contribution in [-0.2, 0) is 16.6 Å². The topological polar surface area (TPSA) is 103 Å². The fraction of sp³-hybridized carbons (Fsp3) is 0.429. The molecule has 3 N–H and O–H groups in total. The molecule has 8 nitrogen and oxygen atoms in total. The van der Waals surface area contributed by atoms with Crippen molar-refractivity contribution in [2.45, 2.75) is 30.4 Å². The molecule has 9 heteroatoms. The molecule has 0 bridgehead atoms. The molecule has 3 rings (SSSR count). The summed E-state index contributed by atoms with van der Waals surface area (Å²) in [5, 5.41) is 0. The third-order valence-electron chi connectivity index (χ3n) is 5.08. The molecule has 1 fully saturated rings. The summed E-state index contributed by atoms with van der Waals surface area (Å²) in [7, 11) is 1.24. The van der Waals surface area contributed by atoms with E-state index in [0.717, 1.165) is 25.9 Å². The molecule has 1 aliphatic heterocycles. The zero-order valence-electron chi connectivity index (χ0n) is 17.6. The van der Waals surface area contributed by atoms with Crippen LogP contribution in [0.2, 0.25) is 0 Å². The van der Waals surface area contributed by atoms with E-state index in [1.54, 1.807) is 37.4 Å². The number of sulfonamides is 1. The molecule has 0 spiro atoms. The smallest absolute Gasteiger partial charge is 0.244 e. The number of hydrogen-bond donors (Lipinski definition) is 2. The number of likely N-dealkylation sites (N-methyl/N-ethyl adjacent to an activating group) is 1. The Kier molecular flexibility index (Phi) is 7.06. The summed E-state index contributed by atoms with van der Waals surface area (Å²) in [5.41, 5.74) is 6.91. The Morgan fingerprint density at radius 3 is 2.63 bits per heavy atom. The Labute approximate surface area is 178 Å². The van der Waals surface area contributed by atoms with Gasteiger partial charge in [0.25, 0.3) is 0 Å². The van der Waals surface area contributed by atoms with E-state index in [4.69, 9.17) is 19.9 Å². The summed E-state index contributed by atoms with van der Waals surface area (Å²) < 4.78 is 45.4. The first-order valence-corrected chi connectivity index (χ1v) is 11.3. The minimum atomic E-state index is -3.87. The third kappa shape index (κ3) is 5.35. The van der Waals surface area contributed by atoms with E-state index in [-0.39, 0.29) is 17.5 Å². The molecule has 1 atom stereocenters. The van der Waals surface area contributed by atoms with Gasteiger partial charge in [0.2, 0.25) is 10.0 Å². The molecule has 2 aromatic carbocycles. The number of benzene rings is 2. The third-order valence-corrected chi connectivity index (χ3v) is 6.50. The molecular formula is C21H29N3O5S. The molecule has 1 unspecified atom stereocenters. The second-order valence-electron chi connectivity index (χ2n) is 7.35. The maximum absolute atomic E-state index is 13.1. The molecule has 1 heterocycles. The van der Waals surface area contributed by atoms with E-state index in [9.17, 15) is 8.42 Å². The van der Waals surface area contributed by atoms with Crippen LogP contribution in [0.1, 0.15) is 18.4 Å². The molecule has 0 saturated carbocycles. The lowest BCUT2D eigenvalue weighted by molar-refractivity contribution is 0.101. The Morgan fingerprint density at radius 1 is 1.13 bits per heavy atom. The lowest BCUT2D eigenvalue weighted by atomic mass is 10.1. The van der Waals surface area contributed by atoms with Crippen molar-refractivity contribution < 1.29 is 22.6 Å². The predicted molar refractivity (Wildman–Crippen MR) is 116 cm³/mol. The summed E-state index contributed by atoms with van der Waals surface area (Å²) in [4.78, 5) is 2.21. The standard InChI is InChI=1S/C21H29N3O5S/c1-24-10-4-5-18(14-24)29-19-9-7-16(22)11-21(19)30(25,26)23-13-15-6-8-17(27-2)12-20(15)28-3/h6-9,11-12,18,23H,4-5,10,13-14,22H2,1-3H3. The van der Waals surface area contributed by atoms with Gasteiger partial charge >= 0.3 is 0 Å². The quantitative estimate of drug-likeness (QED) is 0.613. The Balaban J connectivity index is 1.81. The minimum absolute atomic E-state index is 0.0307. The van der Waals surface area contributed by atoms with Crippen molar-refractivity contribution in [1.82, 2.24) is 9.62 Å². The number of hydrogen-bond acceptors (Lipinski definition) is 7. The molecule has 0 aliphatic carbocycles. The van der Waals surface area contributed by atoms with Crippen LogP contribution in [0, 0.1) is 0 Å². The number of ether oxygens (including phenoxy) is 3. The van der Waals surface area contributed by atoms with Gasteiger partial charge in [0.15, 0.2) is 0 Å². The van der Waals surface area contributed by atoms with E-state index in [1.165, 1.54) is 13.2 Å². The summed E-state index contributed by atoms with van der Waals surface area (Å²) in [5.74, 6) is 1.47. The number of methoxy groups -OCH3 is 2. The van der Waals surface area contributed by atoms with Crippen LogP contribution in [0.15, 0.2) is 41.3 Å². The number of nitrogens with zero attached hydrogens (tertiary/aromatic N) is 1. The molecule has 1 aliphatic rings. The maximum Gasteiger partial charge on any atom is 0.244 e. The highest BCUT2D eigenvalue weighted by molar-refractivity contribution is 7.89. The highest BCUT2D eigenvalue weighted by atomic mass is 32.2. The van der Waals surface area contributed by atoms with Crippen molar-refractivity contribution in [3.63, 3.8) is 0 Å². The van der Waals surface area contributed by atoms with Crippen molar-refractivity contribution >= 4 is 15.7 Å². The Bertz CT molecular complexity index is 981. The van der Waals surface area contributed by atoms with Gasteiger partial charge in [0.05, 0.1) is 14.2 Å². The molecule has 2 aromatic rings. The number of nitrogens with one attached hydrogen (secondary N) is 1. The molecule has 0 aromatic heterocycles. The van der Waals surface area contributed by atoms with Crippen LogP contribution in [0.3, 0.4) is 0 Å². The van der Waals surface area contributed by atoms with E-state index < -0.39 is 10.0 Å². The Morgan fingerprint density at radius 2 is 1.93 bits per heavy atom. The number of anilines is 1. The van der Waals surface area contributed by atoms with Gasteiger partial charge in [-0.1, -0.05) is 6.07 Å². The van der Waals surface area contributed by atoms with Gasteiger partial charge < -0.3 is 24.8 Å². The van der Waals surface area contributed by atoms with Crippen LogP contribution in [0.5, 0.6) is 17.2 Å². The van der Waals surface area contributed by atoms with Crippen molar-refractivity contribution in [3.05, 3.63) is 42.0 Å². The van der Waals surface area contributed by atoms with Crippen molar-refractivity contribution in [3.8, 4) is 17.2 Å². The van der Waals surface area contributed by atoms with Crippen molar-refractivity contribution in [1.29, 1.82) is 0 Å². The number of nitrogen functional groups attached to an aromatic ring is 1. The van der Waals surface area contributed by atoms with Crippen LogP contribution >= 0.6 is 0 Å². The highest BCUT2D eigenvalue weighted by Crippen LogP contribution is 2.30. The lowest BCUT2D eigenvalue weighted by Gasteiger charge is -2.30. The molecule has 164 valence electrons. The van der Waals surface area contributed by atoms with Gasteiger partial charge in [-0.25, -0.2) is 13.1 Å². The van der Waals surface area contributed by atoms with Crippen LogP contribution in [0.25, 0.3) is 0 Å². The van der Waals surface area contributed by atoms with Crippen molar-refractivity contribution in [2.75, 3.05) is 40.1 Å². The minimum Gasteiger partial charge on any atom is -0.497 e. The van der Waals surface area contributed by atoms with Gasteiger partial charge in [0, 0.05) is 30.4 Å². The van der Waals surface area contributed by atoms with E-state index in [0.29, 0.717) is 28.5 Å². The normalized spacial score (nSPS) is 17.5. The highest BCUT2D eigenvalue weighted by Gasteiger charge is 2.25. The summed E-state index contributed by atoms with van der Waals surface area (Å²) >= 11 is 0. The van der Waals surface area contributed by atoms with Gasteiger partial charge in [-0.3, -0.25) is 0 Å². The molecule has 1 saturated heterocycles. The zero-order valence-corrected chi connectivity index (χ0v) is 18.4. The monoisotopic (exact) mass is 435 g/mol. The Hall–Kier alpha value is -2.49. The van der Waals surface area contributed by atoms with E-state index >= 15 is 0 Å². The molecule has 0 radical (unpaired) electrons. The fourth-order valence-corrected chi connectivity index (χ4v) is 4.65. The number of rotatable bonds is 8. The predicted octanol–water partition coefficient (Wildman–Crippen LogP) is 2.24. The average Bonchev–Trinajstić information content (AvgIpc) is 2.73. The average molecular weight is 436 g/mol. The second-order valence-corrected chi connectivity index (χ2v) is 9.09. The summed E-state index contributed by atoms with van der Waals surface area (Å²) in [6, 6.07) is 9.91. The zero-order chi connectivity index (χ0) is 21.7. The van der Waals surface area contributed by atoms with E-state index in [1.807, 2.05) is 7.05 Å². The summed E-state index contributed by atoms with van der Waals surface area (Å²) in [6.45, 7) is 1.81. The molecule has 0 amide bonds. The molecule has 30 heavy (non-hydrogen) atoms. The number of piperidine rings is 1. The fourth-order valence-electron chi connectivity index (χ4n) is 3.48. The lowest BCUT2D eigenvalue weighted by Crippen LogP contribution is -2.39. The van der Waals surface area contributed by atoms with Crippen LogP contribution < -0.4 is 24.7 Å². The van der Waals surface area contributed by atoms with Gasteiger partial charge in [-0.05, 0) is 50.7 Å². The SMILES string of the molecule is COc1ccc(CNS(=O)(=O)c2cc(N)ccc2OC2CCCN(C)C2)c(OC)c1. The van der Waals surface area contributed by atoms with E-state index in [2.05, 4.69) is 9.62 Å². The van der Waals surface area contributed by atoms with Gasteiger partial charge in [-0.15, -0.1) is 0 Å². The van der Waals surface area contributed by atoms with Gasteiger partial charge in [0.1, 0.15) is 28.2 Å². The van der Waals surface area contributed by atoms with Crippen molar-refractivity contribution in [2.24, 2.45) is 0 Å². The number of nitrogens with two attached hydrogens (primary N) is 1. The first-order chi connectivity index (χ1) is 14.3. The first-order valence-electron chi connectivity index (χ1n) is 9.77. The van der Waals surface area contributed by atoms with Crippen LogP contribution in [-0.4, -0.2) is 53.8 Å².